The first-order valence-corrected chi connectivity index (χ1v) is 9.88. The number of rotatable bonds is 1. The van der Waals surface area contributed by atoms with Crippen molar-refractivity contribution in [2.75, 3.05) is 6.54 Å². The monoisotopic (exact) mass is 376 g/mol. The normalized spacial score (nSPS) is 14.2. The third kappa shape index (κ3) is 3.39. The molecule has 0 radical (unpaired) electrons. The van der Waals surface area contributed by atoms with E-state index in [2.05, 4.69) is 61.0 Å². The summed E-state index contributed by atoms with van der Waals surface area (Å²) in [6.07, 6.45) is 0.615. The lowest BCUT2D eigenvalue weighted by Crippen LogP contribution is -2.40. The van der Waals surface area contributed by atoms with Crippen molar-refractivity contribution in [2.24, 2.45) is 7.05 Å². The van der Waals surface area contributed by atoms with Crippen molar-refractivity contribution < 1.29 is 9.53 Å². The van der Waals surface area contributed by atoms with Gasteiger partial charge in [0.1, 0.15) is 5.60 Å². The maximum Gasteiger partial charge on any atom is 0.410 e. The molecular weight excluding hydrogens is 348 g/mol. The van der Waals surface area contributed by atoms with Crippen molar-refractivity contribution >= 4 is 17.0 Å². The number of hydrogen-bond donors (Lipinski definition) is 0. The van der Waals surface area contributed by atoms with E-state index in [1.807, 2.05) is 25.7 Å². The average molecular weight is 377 g/mol. The van der Waals surface area contributed by atoms with Gasteiger partial charge in [0, 0.05) is 42.2 Å². The van der Waals surface area contributed by atoms with Crippen LogP contribution in [0.1, 0.15) is 37.6 Å². The second-order valence-corrected chi connectivity index (χ2v) is 8.73. The molecule has 146 valence electrons. The third-order valence-corrected chi connectivity index (χ3v) is 5.44. The molecule has 1 amide bonds. The number of benzene rings is 2. The smallest absolute Gasteiger partial charge is 0.410 e. The molecule has 0 atom stereocenters. The van der Waals surface area contributed by atoms with Crippen LogP contribution < -0.4 is 0 Å². The molecule has 2 heterocycles. The molecular formula is C24H28N2O2. The predicted octanol–water partition coefficient (Wildman–Crippen LogP) is 5.45. The predicted molar refractivity (Wildman–Crippen MR) is 113 cm³/mol. The van der Waals surface area contributed by atoms with Crippen LogP contribution in [-0.2, 0) is 24.8 Å². The minimum atomic E-state index is -0.477. The Morgan fingerprint density at radius 3 is 2.39 bits per heavy atom. The lowest BCUT2D eigenvalue weighted by Gasteiger charge is -2.30. The number of carbonyl (C=O) groups excluding carboxylic acids is 1. The highest BCUT2D eigenvalue weighted by molar-refractivity contribution is 5.90. The lowest BCUT2D eigenvalue weighted by atomic mass is 9.99. The largest absolute Gasteiger partial charge is 0.444 e. The molecule has 0 unspecified atom stereocenters. The second-order valence-electron chi connectivity index (χ2n) is 8.73. The number of ether oxygens (including phenoxy) is 1. The molecule has 0 fully saturated rings. The molecule has 0 bridgehead atoms. The Balaban J connectivity index is 1.72. The summed E-state index contributed by atoms with van der Waals surface area (Å²) < 4.78 is 7.87. The first-order valence-electron chi connectivity index (χ1n) is 9.88. The fraction of sp³-hybridized carbons (Fsp3) is 0.375. The van der Waals surface area contributed by atoms with Crippen LogP contribution in [0.5, 0.6) is 0 Å². The highest BCUT2D eigenvalue weighted by Crippen LogP contribution is 2.33. The summed E-state index contributed by atoms with van der Waals surface area (Å²) in [6.45, 7) is 9.12. The standard InChI is InChI=1S/C24H28N2O2/c1-16-6-8-17(9-7-16)18-10-11-21-19(14-18)20-15-26(13-12-22(20)25(21)5)23(27)28-24(2,3)4/h6-11,14H,12-13,15H2,1-5H3. The molecule has 4 heteroatoms. The van der Waals surface area contributed by atoms with E-state index in [0.29, 0.717) is 13.1 Å². The molecule has 4 nitrogen and oxygen atoms in total. The molecule has 0 N–H and O–H groups in total. The van der Waals surface area contributed by atoms with E-state index < -0.39 is 5.60 Å². The van der Waals surface area contributed by atoms with Gasteiger partial charge in [-0.3, -0.25) is 0 Å². The summed E-state index contributed by atoms with van der Waals surface area (Å²) >= 11 is 0. The van der Waals surface area contributed by atoms with Crippen LogP contribution in [0.15, 0.2) is 42.5 Å². The summed E-state index contributed by atoms with van der Waals surface area (Å²) in [5.41, 5.74) is 6.97. The van der Waals surface area contributed by atoms with Gasteiger partial charge >= 0.3 is 6.09 Å². The fourth-order valence-corrected chi connectivity index (χ4v) is 3.99. The molecule has 0 spiro atoms. The quantitative estimate of drug-likeness (QED) is 0.566. The van der Waals surface area contributed by atoms with Crippen molar-refractivity contribution in [3.63, 3.8) is 0 Å². The summed E-state index contributed by atoms with van der Waals surface area (Å²) in [5.74, 6) is 0. The molecule has 1 aromatic heterocycles. The van der Waals surface area contributed by atoms with Gasteiger partial charge in [0.05, 0.1) is 6.54 Å². The lowest BCUT2D eigenvalue weighted by molar-refractivity contribution is 0.0223. The first kappa shape index (κ1) is 18.6. The summed E-state index contributed by atoms with van der Waals surface area (Å²) in [5, 5.41) is 1.23. The van der Waals surface area contributed by atoms with E-state index in [-0.39, 0.29) is 6.09 Å². The second kappa shape index (κ2) is 6.69. The molecule has 3 aromatic rings. The first-order chi connectivity index (χ1) is 13.2. The molecule has 28 heavy (non-hydrogen) atoms. The number of carbonyl (C=O) groups is 1. The topological polar surface area (TPSA) is 34.5 Å². The van der Waals surface area contributed by atoms with Gasteiger partial charge in [-0.25, -0.2) is 4.79 Å². The number of nitrogens with zero attached hydrogens (tertiary/aromatic N) is 2. The van der Waals surface area contributed by atoms with Gasteiger partial charge in [0.15, 0.2) is 0 Å². The Labute approximate surface area is 166 Å². The van der Waals surface area contributed by atoms with Gasteiger partial charge in [-0.15, -0.1) is 0 Å². The van der Waals surface area contributed by atoms with Crippen molar-refractivity contribution in [1.29, 1.82) is 0 Å². The van der Waals surface area contributed by atoms with Crippen LogP contribution in [0.4, 0.5) is 4.79 Å². The Morgan fingerprint density at radius 2 is 1.71 bits per heavy atom. The van der Waals surface area contributed by atoms with Gasteiger partial charge in [-0.2, -0.15) is 0 Å². The fourth-order valence-electron chi connectivity index (χ4n) is 3.99. The third-order valence-electron chi connectivity index (χ3n) is 5.44. The summed E-state index contributed by atoms with van der Waals surface area (Å²) in [4.78, 5) is 14.4. The Morgan fingerprint density at radius 1 is 1.04 bits per heavy atom. The Kier molecular flexibility index (Phi) is 4.45. The summed E-state index contributed by atoms with van der Waals surface area (Å²) in [6, 6.07) is 15.3. The highest BCUT2D eigenvalue weighted by Gasteiger charge is 2.28. The molecule has 0 saturated carbocycles. The minimum Gasteiger partial charge on any atom is -0.444 e. The van der Waals surface area contributed by atoms with E-state index in [9.17, 15) is 4.79 Å². The van der Waals surface area contributed by atoms with Crippen LogP contribution in [0, 0.1) is 6.92 Å². The van der Waals surface area contributed by atoms with Gasteiger partial charge in [-0.1, -0.05) is 35.9 Å². The van der Waals surface area contributed by atoms with E-state index in [1.165, 1.54) is 38.9 Å². The molecule has 0 aliphatic carbocycles. The van der Waals surface area contributed by atoms with Gasteiger partial charge in [0.25, 0.3) is 0 Å². The number of aromatic nitrogens is 1. The Hall–Kier alpha value is -2.75. The van der Waals surface area contributed by atoms with Crippen LogP contribution in [0.25, 0.3) is 22.0 Å². The number of fused-ring (bicyclic) bond motifs is 3. The molecule has 1 aliphatic heterocycles. The number of hydrogen-bond acceptors (Lipinski definition) is 2. The Bertz CT molecular complexity index is 1040. The van der Waals surface area contributed by atoms with E-state index >= 15 is 0 Å². The SMILES string of the molecule is Cc1ccc(-c2ccc3c(c2)c2c(n3C)CCN(C(=O)OC(C)(C)C)C2)cc1. The van der Waals surface area contributed by atoms with Crippen molar-refractivity contribution in [1.82, 2.24) is 9.47 Å². The zero-order valence-corrected chi connectivity index (χ0v) is 17.4. The minimum absolute atomic E-state index is 0.232. The van der Waals surface area contributed by atoms with Crippen LogP contribution in [-0.4, -0.2) is 27.7 Å². The maximum atomic E-state index is 12.6. The van der Waals surface area contributed by atoms with E-state index in [4.69, 9.17) is 4.74 Å². The molecule has 2 aromatic carbocycles. The average Bonchev–Trinajstić information content (AvgIpc) is 2.92. The van der Waals surface area contributed by atoms with Gasteiger partial charge in [-0.05, 0) is 51.0 Å². The van der Waals surface area contributed by atoms with Crippen molar-refractivity contribution in [3.8, 4) is 11.1 Å². The van der Waals surface area contributed by atoms with Crippen LogP contribution >= 0.6 is 0 Å². The van der Waals surface area contributed by atoms with Crippen LogP contribution in [0.3, 0.4) is 0 Å². The highest BCUT2D eigenvalue weighted by atomic mass is 16.6. The molecule has 4 rings (SSSR count). The van der Waals surface area contributed by atoms with Gasteiger partial charge in [0.2, 0.25) is 0 Å². The number of amides is 1. The number of aryl methyl sites for hydroxylation is 2. The van der Waals surface area contributed by atoms with Crippen molar-refractivity contribution in [2.45, 2.75) is 46.3 Å². The van der Waals surface area contributed by atoms with Gasteiger partial charge < -0.3 is 14.2 Å². The maximum absolute atomic E-state index is 12.6. The van der Waals surface area contributed by atoms with Crippen molar-refractivity contribution in [3.05, 3.63) is 59.3 Å². The van der Waals surface area contributed by atoms with Crippen LogP contribution in [0.2, 0.25) is 0 Å². The zero-order chi connectivity index (χ0) is 20.1. The van der Waals surface area contributed by atoms with E-state index in [0.717, 1.165) is 6.42 Å². The summed E-state index contributed by atoms with van der Waals surface area (Å²) in [7, 11) is 2.12. The zero-order valence-electron chi connectivity index (χ0n) is 17.4. The molecule has 1 aliphatic rings. The molecule has 0 saturated heterocycles. The van der Waals surface area contributed by atoms with E-state index in [1.54, 1.807) is 0 Å².